The average molecular weight is 220 g/mol. The van der Waals surface area contributed by atoms with Crippen molar-refractivity contribution < 1.29 is 9.91 Å². The monoisotopic (exact) mass is 220 g/mol. The third-order valence-corrected chi connectivity index (χ3v) is 2.80. The summed E-state index contributed by atoms with van der Waals surface area (Å²) in [5, 5.41) is 18.1. The van der Waals surface area contributed by atoms with E-state index in [1.165, 1.54) is 0 Å². The number of guanidine groups is 1. The number of hydrogen-bond donors (Lipinski definition) is 3. The number of benzene rings is 1. The molecule has 84 valence electrons. The smallest absolute Gasteiger partial charge is 0.252 e. The zero-order chi connectivity index (χ0) is 11.1. The van der Waals surface area contributed by atoms with E-state index in [2.05, 4.69) is 10.4 Å². The molecule has 2 aliphatic rings. The first-order valence-corrected chi connectivity index (χ1v) is 5.20. The molecule has 6 heteroatoms. The van der Waals surface area contributed by atoms with E-state index in [-0.39, 0.29) is 11.1 Å². The molecule has 6 nitrogen and oxygen atoms in total. The van der Waals surface area contributed by atoms with Gasteiger partial charge in [-0.05, 0) is 30.1 Å². The lowest BCUT2D eigenvalue weighted by Gasteiger charge is -2.28. The van der Waals surface area contributed by atoms with Gasteiger partial charge in [0, 0.05) is 0 Å². The first-order valence-electron chi connectivity index (χ1n) is 5.20. The first-order chi connectivity index (χ1) is 7.75. The van der Waals surface area contributed by atoms with Gasteiger partial charge in [0.1, 0.15) is 11.4 Å². The molecule has 0 saturated carbocycles. The van der Waals surface area contributed by atoms with Crippen molar-refractivity contribution in [1.29, 1.82) is 0 Å². The van der Waals surface area contributed by atoms with Gasteiger partial charge < -0.3 is 21.0 Å². The quantitative estimate of drug-likeness (QED) is 0.523. The maximum absolute atomic E-state index is 11.8. The number of ether oxygens (including phenoxy) is 1. The van der Waals surface area contributed by atoms with E-state index >= 15 is 0 Å². The highest BCUT2D eigenvalue weighted by Gasteiger charge is 2.26. The Bertz CT molecular complexity index is 472. The van der Waals surface area contributed by atoms with Crippen molar-refractivity contribution in [2.75, 3.05) is 11.9 Å². The van der Waals surface area contributed by atoms with Crippen LogP contribution in [-0.4, -0.2) is 12.6 Å². The summed E-state index contributed by atoms with van der Waals surface area (Å²) in [6.07, 6.45) is 1.78. The van der Waals surface area contributed by atoms with Gasteiger partial charge in [-0.15, -0.1) is 0 Å². The summed E-state index contributed by atoms with van der Waals surface area (Å²) in [6, 6.07) is 3.67. The molecule has 0 spiro atoms. The Kier molecular flexibility index (Phi) is 1.98. The van der Waals surface area contributed by atoms with E-state index in [1.54, 1.807) is 6.07 Å². The molecule has 0 aliphatic carbocycles. The van der Waals surface area contributed by atoms with E-state index in [0.717, 1.165) is 29.8 Å². The molecule has 2 heterocycles. The molecule has 1 aromatic rings. The van der Waals surface area contributed by atoms with Gasteiger partial charge in [-0.1, -0.05) is 0 Å². The molecular weight excluding hydrogens is 208 g/mol. The lowest BCUT2D eigenvalue weighted by atomic mass is 10.0. The minimum Gasteiger partial charge on any atom is -0.601 e. The zero-order valence-corrected chi connectivity index (χ0v) is 8.62. The number of hydrogen-bond acceptors (Lipinski definition) is 5. The van der Waals surface area contributed by atoms with Crippen LogP contribution in [-0.2, 0) is 6.42 Å². The molecule has 0 saturated heterocycles. The maximum Gasteiger partial charge on any atom is 0.252 e. The largest absolute Gasteiger partial charge is 0.601 e. The predicted molar refractivity (Wildman–Crippen MR) is 59.5 cm³/mol. The number of fused-ring (bicyclic) bond motifs is 3. The fourth-order valence-electron chi connectivity index (χ4n) is 2.12. The number of anilines is 1. The van der Waals surface area contributed by atoms with Crippen molar-refractivity contribution >= 4 is 17.3 Å². The summed E-state index contributed by atoms with van der Waals surface area (Å²) in [5.74, 6) is 0.935. The van der Waals surface area contributed by atoms with Gasteiger partial charge in [-0.25, -0.2) is 5.17 Å². The Morgan fingerprint density at radius 3 is 3.25 bits per heavy atom. The molecule has 0 amide bonds. The second-order valence-corrected chi connectivity index (χ2v) is 3.84. The van der Waals surface area contributed by atoms with Crippen LogP contribution in [0, 0.1) is 5.21 Å². The van der Waals surface area contributed by atoms with Crippen molar-refractivity contribution in [3.05, 3.63) is 22.9 Å². The van der Waals surface area contributed by atoms with E-state index in [9.17, 15) is 5.21 Å². The van der Waals surface area contributed by atoms with E-state index in [4.69, 9.17) is 10.5 Å². The molecule has 4 N–H and O–H groups in total. The number of quaternary nitrogens is 1. The van der Waals surface area contributed by atoms with Crippen LogP contribution in [0.3, 0.4) is 0 Å². The van der Waals surface area contributed by atoms with Gasteiger partial charge in [-0.2, -0.15) is 0 Å². The van der Waals surface area contributed by atoms with E-state index in [0.29, 0.717) is 12.3 Å². The Balaban J connectivity index is 2.15. The number of rotatable bonds is 0. The highest BCUT2D eigenvalue weighted by molar-refractivity contribution is 5.96. The van der Waals surface area contributed by atoms with Crippen molar-refractivity contribution in [1.82, 2.24) is 0 Å². The van der Waals surface area contributed by atoms with Crippen LogP contribution in [0.15, 0.2) is 17.2 Å². The third-order valence-electron chi connectivity index (χ3n) is 2.80. The number of nitrogens with two attached hydrogens (primary N) is 1. The van der Waals surface area contributed by atoms with Gasteiger partial charge in [0.05, 0.1) is 12.2 Å². The standard InChI is InChI=1S/C10H12N4O2/c11-10-12-7-3-4-8-6(2-1-5-16-8)9(7)14(15)13-10/h3-4,14H,1-2,5H2,(H3,11,12,13). The molecule has 1 aromatic carbocycles. The average Bonchev–Trinajstić information content (AvgIpc) is 2.28. The molecule has 16 heavy (non-hydrogen) atoms. The molecule has 1 unspecified atom stereocenters. The number of nitrogens with zero attached hydrogens (tertiary/aromatic N) is 1. The predicted octanol–water partition coefficient (Wildman–Crippen LogP) is -0.319. The van der Waals surface area contributed by atoms with Gasteiger partial charge >= 0.3 is 0 Å². The second kappa shape index (κ2) is 3.36. The van der Waals surface area contributed by atoms with Crippen LogP contribution in [0.5, 0.6) is 5.75 Å². The summed E-state index contributed by atoms with van der Waals surface area (Å²) < 4.78 is 5.50. The first kappa shape index (κ1) is 9.44. The fraction of sp³-hybridized carbons (Fsp3) is 0.300. The number of nitrogens with one attached hydrogen (secondary N) is 2. The van der Waals surface area contributed by atoms with Crippen molar-refractivity contribution in [2.45, 2.75) is 12.8 Å². The minimum absolute atomic E-state index is 0.147. The lowest BCUT2D eigenvalue weighted by molar-refractivity contribution is -0.784. The van der Waals surface area contributed by atoms with E-state index in [1.807, 2.05) is 6.07 Å². The van der Waals surface area contributed by atoms with Gasteiger partial charge in [0.15, 0.2) is 5.69 Å². The molecular formula is C10H12N4O2. The van der Waals surface area contributed by atoms with Crippen LogP contribution in [0.4, 0.5) is 11.4 Å². The highest BCUT2D eigenvalue weighted by Crippen LogP contribution is 2.35. The van der Waals surface area contributed by atoms with Crippen LogP contribution in [0.2, 0.25) is 0 Å². The SMILES string of the molecule is NC1=N[NH+]([O-])c2c(ccc3c2CCCO3)N1. The van der Waals surface area contributed by atoms with E-state index < -0.39 is 0 Å². The fourth-order valence-corrected chi connectivity index (χ4v) is 2.12. The summed E-state index contributed by atoms with van der Waals surface area (Å²) in [5.41, 5.74) is 7.77. The normalized spacial score (nSPS) is 22.3. The van der Waals surface area contributed by atoms with Crippen LogP contribution >= 0.6 is 0 Å². The van der Waals surface area contributed by atoms with Crippen LogP contribution in [0.25, 0.3) is 0 Å². The molecule has 0 bridgehead atoms. The van der Waals surface area contributed by atoms with Gasteiger partial charge in [-0.3, -0.25) is 0 Å². The summed E-state index contributed by atoms with van der Waals surface area (Å²) in [7, 11) is 0. The molecule has 0 fully saturated rings. The Morgan fingerprint density at radius 2 is 2.38 bits per heavy atom. The highest BCUT2D eigenvalue weighted by atomic mass is 16.5. The zero-order valence-electron chi connectivity index (χ0n) is 8.62. The van der Waals surface area contributed by atoms with Crippen molar-refractivity contribution in [3.63, 3.8) is 0 Å². The Hall–Kier alpha value is -1.79. The third kappa shape index (κ3) is 1.31. The Morgan fingerprint density at radius 1 is 1.50 bits per heavy atom. The molecule has 0 aromatic heterocycles. The maximum atomic E-state index is 11.8. The second-order valence-electron chi connectivity index (χ2n) is 3.84. The summed E-state index contributed by atoms with van der Waals surface area (Å²) >= 11 is 0. The van der Waals surface area contributed by atoms with Crippen molar-refractivity contribution in [2.24, 2.45) is 10.8 Å². The summed E-state index contributed by atoms with van der Waals surface area (Å²) in [4.78, 5) is 0. The minimum atomic E-state index is -0.284. The van der Waals surface area contributed by atoms with Crippen LogP contribution < -0.4 is 21.0 Å². The Labute approximate surface area is 92.3 Å². The molecule has 2 aliphatic heterocycles. The van der Waals surface area contributed by atoms with Gasteiger partial charge in [0.2, 0.25) is 0 Å². The van der Waals surface area contributed by atoms with Crippen molar-refractivity contribution in [3.8, 4) is 5.75 Å². The molecule has 1 atom stereocenters. The van der Waals surface area contributed by atoms with Crippen LogP contribution in [0.1, 0.15) is 12.0 Å². The topological polar surface area (TPSA) is 87.1 Å². The summed E-state index contributed by atoms with van der Waals surface area (Å²) in [6.45, 7) is 0.707. The lowest BCUT2D eigenvalue weighted by Crippen LogP contribution is -2.98. The molecule has 0 radical (unpaired) electrons. The molecule has 3 rings (SSSR count). The van der Waals surface area contributed by atoms with Gasteiger partial charge in [0.25, 0.3) is 5.96 Å².